The summed E-state index contributed by atoms with van der Waals surface area (Å²) in [6.07, 6.45) is 3.51. The number of nitrogens with zero attached hydrogens (tertiary/aromatic N) is 2. The smallest absolute Gasteiger partial charge is 0.251 e. The van der Waals surface area contributed by atoms with Crippen molar-refractivity contribution in [2.24, 2.45) is 0 Å². The largest absolute Gasteiger partial charge is 0.354 e. The molecule has 0 saturated carbocycles. The van der Waals surface area contributed by atoms with E-state index in [1.807, 2.05) is 0 Å². The van der Waals surface area contributed by atoms with Gasteiger partial charge in [-0.25, -0.2) is 9.97 Å². The maximum atomic E-state index is 11.9. The molecule has 1 heterocycles. The number of rotatable bonds is 8. The summed E-state index contributed by atoms with van der Waals surface area (Å²) >= 11 is 3.31. The van der Waals surface area contributed by atoms with Crippen molar-refractivity contribution in [2.75, 3.05) is 25.0 Å². The summed E-state index contributed by atoms with van der Waals surface area (Å²) < 4.78 is 0.910. The van der Waals surface area contributed by atoms with Gasteiger partial charge in [-0.1, -0.05) is 15.9 Å². The van der Waals surface area contributed by atoms with Crippen LogP contribution in [-0.4, -0.2) is 41.4 Å². The lowest BCUT2D eigenvalue weighted by Gasteiger charge is -2.08. The van der Waals surface area contributed by atoms with E-state index in [0.717, 1.165) is 4.47 Å². The van der Waals surface area contributed by atoms with Crippen molar-refractivity contribution in [3.05, 3.63) is 52.8 Å². The predicted molar refractivity (Wildman–Crippen MR) is 94.6 cm³/mol. The van der Waals surface area contributed by atoms with Crippen molar-refractivity contribution in [3.8, 4) is 0 Å². The summed E-state index contributed by atoms with van der Waals surface area (Å²) in [7, 11) is 0. The Kier molecular flexibility index (Phi) is 7.16. The minimum absolute atomic E-state index is 0.123. The lowest BCUT2D eigenvalue weighted by Crippen LogP contribution is -2.33. The van der Waals surface area contributed by atoms with E-state index in [1.54, 1.807) is 42.7 Å². The molecule has 7 nitrogen and oxygen atoms in total. The third-order valence-corrected chi connectivity index (χ3v) is 3.57. The van der Waals surface area contributed by atoms with Crippen molar-refractivity contribution in [1.82, 2.24) is 20.6 Å². The minimum atomic E-state index is -0.196. The highest BCUT2D eigenvalue weighted by molar-refractivity contribution is 9.10. The van der Waals surface area contributed by atoms with Crippen molar-refractivity contribution < 1.29 is 9.59 Å². The van der Waals surface area contributed by atoms with Gasteiger partial charge in [-0.2, -0.15) is 0 Å². The van der Waals surface area contributed by atoms with E-state index in [2.05, 4.69) is 41.8 Å². The second-order valence-electron chi connectivity index (χ2n) is 4.86. The molecule has 0 fully saturated rings. The van der Waals surface area contributed by atoms with Gasteiger partial charge in [0, 0.05) is 48.5 Å². The topological polar surface area (TPSA) is 96.0 Å². The number of halogens is 1. The van der Waals surface area contributed by atoms with Crippen LogP contribution in [0.3, 0.4) is 0 Å². The van der Waals surface area contributed by atoms with Gasteiger partial charge in [0.2, 0.25) is 11.9 Å². The van der Waals surface area contributed by atoms with Gasteiger partial charge in [-0.05, 0) is 30.3 Å². The zero-order valence-corrected chi connectivity index (χ0v) is 14.5. The number of hydrogen-bond acceptors (Lipinski definition) is 5. The maximum Gasteiger partial charge on any atom is 0.251 e. The van der Waals surface area contributed by atoms with Crippen molar-refractivity contribution >= 4 is 33.7 Å². The minimum Gasteiger partial charge on any atom is -0.354 e. The van der Waals surface area contributed by atoms with Crippen LogP contribution in [0.2, 0.25) is 0 Å². The normalized spacial score (nSPS) is 10.0. The molecule has 2 amide bonds. The first kappa shape index (κ1) is 17.9. The molecule has 24 heavy (non-hydrogen) atoms. The van der Waals surface area contributed by atoms with Gasteiger partial charge in [-0.3, -0.25) is 9.59 Å². The molecule has 0 aliphatic heterocycles. The fourth-order valence-electron chi connectivity index (χ4n) is 1.85. The Morgan fingerprint density at radius 2 is 1.67 bits per heavy atom. The standard InChI is InChI=1S/C16H18BrN5O2/c17-13-4-2-12(3-5-13)15(24)19-9-6-14(23)18-10-11-22-16-20-7-1-8-21-16/h1-5,7-8H,6,9-11H2,(H,18,23)(H,19,24)(H,20,21,22). The van der Waals surface area contributed by atoms with Crippen LogP contribution in [0, 0.1) is 0 Å². The number of amides is 2. The number of aromatic nitrogens is 2. The van der Waals surface area contributed by atoms with Gasteiger partial charge in [0.25, 0.3) is 5.91 Å². The molecule has 0 unspecified atom stereocenters. The number of carbonyl (C=O) groups is 2. The Hall–Kier alpha value is -2.48. The number of carbonyl (C=O) groups excluding carboxylic acids is 2. The molecule has 0 aliphatic carbocycles. The molecule has 0 atom stereocenters. The molecule has 8 heteroatoms. The Balaban J connectivity index is 1.58. The Bertz CT molecular complexity index is 664. The van der Waals surface area contributed by atoms with Crippen LogP contribution >= 0.6 is 15.9 Å². The summed E-state index contributed by atoms with van der Waals surface area (Å²) in [5.74, 6) is 0.202. The average Bonchev–Trinajstić information content (AvgIpc) is 2.60. The quantitative estimate of drug-likeness (QED) is 0.593. The number of hydrogen-bond donors (Lipinski definition) is 3. The fourth-order valence-corrected chi connectivity index (χ4v) is 2.11. The van der Waals surface area contributed by atoms with Crippen LogP contribution in [0.15, 0.2) is 47.2 Å². The van der Waals surface area contributed by atoms with E-state index in [-0.39, 0.29) is 24.8 Å². The number of benzene rings is 1. The first-order valence-electron chi connectivity index (χ1n) is 7.46. The Morgan fingerprint density at radius 3 is 2.38 bits per heavy atom. The van der Waals surface area contributed by atoms with Crippen LogP contribution in [0.4, 0.5) is 5.95 Å². The number of anilines is 1. The van der Waals surface area contributed by atoms with E-state index in [4.69, 9.17) is 0 Å². The molecule has 0 aliphatic rings. The summed E-state index contributed by atoms with van der Waals surface area (Å²) in [6.45, 7) is 1.27. The molecule has 126 valence electrons. The molecule has 0 bridgehead atoms. The third kappa shape index (κ3) is 6.33. The summed E-state index contributed by atoms with van der Waals surface area (Å²) in [6, 6.07) is 8.76. The average molecular weight is 392 g/mol. The van der Waals surface area contributed by atoms with Gasteiger partial charge in [0.05, 0.1) is 0 Å². The maximum absolute atomic E-state index is 11.9. The second kappa shape index (κ2) is 9.61. The fraction of sp³-hybridized carbons (Fsp3) is 0.250. The van der Waals surface area contributed by atoms with Gasteiger partial charge in [-0.15, -0.1) is 0 Å². The Labute approximate surface area is 148 Å². The SMILES string of the molecule is O=C(CCNC(=O)c1ccc(Br)cc1)NCCNc1ncccn1. The first-order chi connectivity index (χ1) is 11.6. The van der Waals surface area contributed by atoms with E-state index in [9.17, 15) is 9.59 Å². The zero-order valence-electron chi connectivity index (χ0n) is 13.0. The van der Waals surface area contributed by atoms with Crippen molar-refractivity contribution in [2.45, 2.75) is 6.42 Å². The van der Waals surface area contributed by atoms with Crippen LogP contribution in [0.5, 0.6) is 0 Å². The molecular formula is C16H18BrN5O2. The molecule has 2 aromatic rings. The zero-order chi connectivity index (χ0) is 17.2. The van der Waals surface area contributed by atoms with Crippen LogP contribution < -0.4 is 16.0 Å². The molecule has 1 aromatic carbocycles. The molecule has 0 spiro atoms. The predicted octanol–water partition coefficient (Wildman–Crippen LogP) is 1.59. The summed E-state index contributed by atoms with van der Waals surface area (Å²) in [5.41, 5.74) is 0.561. The number of nitrogens with one attached hydrogen (secondary N) is 3. The van der Waals surface area contributed by atoms with E-state index < -0.39 is 0 Å². The van der Waals surface area contributed by atoms with Gasteiger partial charge < -0.3 is 16.0 Å². The van der Waals surface area contributed by atoms with Crippen LogP contribution in [-0.2, 0) is 4.79 Å². The molecule has 3 N–H and O–H groups in total. The second-order valence-corrected chi connectivity index (χ2v) is 5.78. The third-order valence-electron chi connectivity index (χ3n) is 3.04. The monoisotopic (exact) mass is 391 g/mol. The first-order valence-corrected chi connectivity index (χ1v) is 8.26. The van der Waals surface area contributed by atoms with Crippen molar-refractivity contribution in [1.29, 1.82) is 0 Å². The van der Waals surface area contributed by atoms with Gasteiger partial charge in [0.1, 0.15) is 0 Å². The molecular weight excluding hydrogens is 374 g/mol. The molecule has 2 rings (SSSR count). The molecule has 0 radical (unpaired) electrons. The van der Waals surface area contributed by atoms with Crippen molar-refractivity contribution in [3.63, 3.8) is 0 Å². The summed E-state index contributed by atoms with van der Waals surface area (Å²) in [4.78, 5) is 31.6. The summed E-state index contributed by atoms with van der Waals surface area (Å²) in [5, 5.41) is 8.46. The lowest BCUT2D eigenvalue weighted by atomic mass is 10.2. The molecule has 1 aromatic heterocycles. The lowest BCUT2D eigenvalue weighted by molar-refractivity contribution is -0.120. The van der Waals surface area contributed by atoms with Gasteiger partial charge in [0.15, 0.2) is 0 Å². The highest BCUT2D eigenvalue weighted by Gasteiger charge is 2.06. The van der Waals surface area contributed by atoms with Crippen LogP contribution in [0.25, 0.3) is 0 Å². The van der Waals surface area contributed by atoms with E-state index in [0.29, 0.717) is 24.6 Å². The highest BCUT2D eigenvalue weighted by Crippen LogP contribution is 2.10. The van der Waals surface area contributed by atoms with Crippen LogP contribution in [0.1, 0.15) is 16.8 Å². The molecule has 0 saturated heterocycles. The van der Waals surface area contributed by atoms with E-state index >= 15 is 0 Å². The Morgan fingerprint density at radius 1 is 0.958 bits per heavy atom. The highest BCUT2D eigenvalue weighted by atomic mass is 79.9. The van der Waals surface area contributed by atoms with Gasteiger partial charge >= 0.3 is 0 Å². The van der Waals surface area contributed by atoms with E-state index in [1.165, 1.54) is 0 Å².